The molecule has 5 aromatic rings. The van der Waals surface area contributed by atoms with Crippen LogP contribution in [0.15, 0.2) is 113 Å². The summed E-state index contributed by atoms with van der Waals surface area (Å²) < 4.78 is 23.7. The Balaban J connectivity index is 0.938. The first kappa shape index (κ1) is 47.9. The quantitative estimate of drug-likeness (QED) is 0.0151. The number of hydrogen-bond donors (Lipinski definition) is 0. The Hall–Kier alpha value is -5.08. The summed E-state index contributed by atoms with van der Waals surface area (Å²) in [6.07, 6.45) is 20.4. The number of carbonyl (C=O) groups is 3. The number of carbonyl (C=O) groups excluding carboxylic acids is 3. The number of ether oxygens (including phenoxy) is 4. The van der Waals surface area contributed by atoms with Gasteiger partial charge >= 0.3 is 11.9 Å². The van der Waals surface area contributed by atoms with Crippen LogP contribution in [-0.2, 0) is 25.5 Å². The molecule has 0 amide bonds. The lowest BCUT2D eigenvalue weighted by Crippen LogP contribution is -2.29. The zero-order valence-electron chi connectivity index (χ0n) is 38.4. The molecular formula is C57H68O7S. The van der Waals surface area contributed by atoms with Crippen LogP contribution in [0.4, 0.5) is 0 Å². The lowest BCUT2D eigenvalue weighted by Gasteiger charge is -2.26. The molecule has 0 aliphatic heterocycles. The second-order valence-corrected chi connectivity index (χ2v) is 19.3. The molecular weight excluding hydrogens is 829 g/mol. The summed E-state index contributed by atoms with van der Waals surface area (Å²) in [5, 5.41) is 4.47. The Labute approximate surface area is 391 Å². The summed E-state index contributed by atoms with van der Waals surface area (Å²) in [5.41, 5.74) is 2.42. The number of allylic oxidation sites excluding steroid dienone is 1. The van der Waals surface area contributed by atoms with Crippen molar-refractivity contribution in [1.29, 1.82) is 0 Å². The van der Waals surface area contributed by atoms with Crippen LogP contribution in [0.1, 0.15) is 133 Å². The molecule has 65 heavy (non-hydrogen) atoms. The van der Waals surface area contributed by atoms with Gasteiger partial charge in [-0.05, 0) is 176 Å². The van der Waals surface area contributed by atoms with Crippen LogP contribution in [0, 0.1) is 17.8 Å². The Morgan fingerprint density at radius 1 is 0.631 bits per heavy atom. The molecule has 2 aliphatic carbocycles. The first-order valence-corrected chi connectivity index (χ1v) is 25.3. The lowest BCUT2D eigenvalue weighted by molar-refractivity contribution is -0.152. The molecule has 0 radical (unpaired) electrons. The van der Waals surface area contributed by atoms with Gasteiger partial charge in [-0.25, -0.2) is 0 Å². The monoisotopic (exact) mass is 896 g/mol. The average Bonchev–Trinajstić information content (AvgIpc) is 3.34. The third kappa shape index (κ3) is 14.0. The van der Waals surface area contributed by atoms with Crippen LogP contribution in [0.25, 0.3) is 21.5 Å². The van der Waals surface area contributed by atoms with E-state index in [0.717, 1.165) is 107 Å². The van der Waals surface area contributed by atoms with Gasteiger partial charge in [0, 0.05) is 22.1 Å². The standard InChI is InChI=1S/C57H68O7S/c1-3-5-7-9-10-12-35-61-48-24-15-41(16-25-48)33-36-63-56(59)44-19-21-45(22-20-44)57(60)64-50-28-32-52-47(37-50)39-55(65-51-29-26-49(27-30-51)62-34-11-8-6-4-2)54-38-46(23-31-53(52)54)43-17-13-42(40-58)14-18-43/h3,15-16,23-32,37-40,42-45H,1,4-14,17-22,33-36H2,2H3. The molecule has 0 atom stereocenters. The van der Waals surface area contributed by atoms with Crippen molar-refractivity contribution in [3.8, 4) is 17.2 Å². The summed E-state index contributed by atoms with van der Waals surface area (Å²) in [5.74, 6) is 1.99. The van der Waals surface area contributed by atoms with Gasteiger partial charge in [0.25, 0.3) is 0 Å². The predicted molar refractivity (Wildman–Crippen MR) is 263 cm³/mol. The molecule has 0 unspecified atom stereocenters. The maximum Gasteiger partial charge on any atom is 0.314 e. The van der Waals surface area contributed by atoms with E-state index in [1.54, 1.807) is 11.8 Å². The van der Waals surface area contributed by atoms with E-state index in [2.05, 4.69) is 68.1 Å². The van der Waals surface area contributed by atoms with Crippen molar-refractivity contribution in [2.45, 2.75) is 138 Å². The van der Waals surface area contributed by atoms with Crippen LogP contribution < -0.4 is 14.2 Å². The number of aldehydes is 1. The molecule has 0 bridgehead atoms. The highest BCUT2D eigenvalue weighted by molar-refractivity contribution is 7.99. The Morgan fingerprint density at radius 3 is 1.94 bits per heavy atom. The number of rotatable bonds is 24. The molecule has 8 heteroatoms. The van der Waals surface area contributed by atoms with E-state index in [1.165, 1.54) is 43.1 Å². The van der Waals surface area contributed by atoms with Gasteiger partial charge in [-0.15, -0.1) is 6.58 Å². The van der Waals surface area contributed by atoms with Crippen molar-refractivity contribution in [2.75, 3.05) is 19.8 Å². The van der Waals surface area contributed by atoms with Gasteiger partial charge in [0.2, 0.25) is 0 Å². The number of unbranched alkanes of at least 4 members (excludes halogenated alkanes) is 7. The van der Waals surface area contributed by atoms with Crippen molar-refractivity contribution in [3.05, 3.63) is 115 Å². The molecule has 0 spiro atoms. The normalized spacial score (nSPS) is 18.5. The molecule has 0 heterocycles. The second kappa shape index (κ2) is 25.0. The van der Waals surface area contributed by atoms with E-state index in [4.69, 9.17) is 18.9 Å². The zero-order valence-corrected chi connectivity index (χ0v) is 39.3. The number of hydrogen-bond acceptors (Lipinski definition) is 8. The number of fused-ring (bicyclic) bond motifs is 3. The summed E-state index contributed by atoms with van der Waals surface area (Å²) in [6.45, 7) is 7.77. The van der Waals surface area contributed by atoms with Gasteiger partial charge < -0.3 is 23.7 Å². The Kier molecular flexibility index (Phi) is 18.4. The van der Waals surface area contributed by atoms with Crippen molar-refractivity contribution in [2.24, 2.45) is 17.8 Å². The minimum atomic E-state index is -0.265. The molecule has 2 fully saturated rings. The first-order chi connectivity index (χ1) is 31.9. The smallest absolute Gasteiger partial charge is 0.314 e. The van der Waals surface area contributed by atoms with E-state index in [-0.39, 0.29) is 29.7 Å². The van der Waals surface area contributed by atoms with Crippen LogP contribution in [0.3, 0.4) is 0 Å². The predicted octanol–water partition coefficient (Wildman–Crippen LogP) is 14.6. The molecule has 344 valence electrons. The summed E-state index contributed by atoms with van der Waals surface area (Å²) in [6, 6.07) is 31.5. The molecule has 0 aromatic heterocycles. The summed E-state index contributed by atoms with van der Waals surface area (Å²) in [7, 11) is 0. The highest BCUT2D eigenvalue weighted by Crippen LogP contribution is 2.43. The lowest BCUT2D eigenvalue weighted by atomic mass is 9.79. The van der Waals surface area contributed by atoms with E-state index < -0.39 is 0 Å². The minimum absolute atomic E-state index is 0.177. The van der Waals surface area contributed by atoms with E-state index >= 15 is 0 Å². The highest BCUT2D eigenvalue weighted by Gasteiger charge is 2.32. The van der Waals surface area contributed by atoms with Crippen molar-refractivity contribution in [3.63, 3.8) is 0 Å². The van der Waals surface area contributed by atoms with E-state index in [1.807, 2.05) is 42.5 Å². The molecule has 5 aromatic carbocycles. The SMILES string of the molecule is C=CCCCCCCOc1ccc(CCOC(=O)C2CCC(C(=O)Oc3ccc4c(c3)cc(Sc3ccc(OCCCCCC)cc3)c3cc(C5CCC(C=O)CC5)ccc34)CC2)cc1. The van der Waals surface area contributed by atoms with Gasteiger partial charge in [-0.1, -0.05) is 87.2 Å². The van der Waals surface area contributed by atoms with Gasteiger partial charge in [0.15, 0.2) is 0 Å². The van der Waals surface area contributed by atoms with Gasteiger partial charge in [0.05, 0.1) is 31.7 Å². The number of esters is 2. The van der Waals surface area contributed by atoms with Crippen LogP contribution in [0.5, 0.6) is 17.2 Å². The van der Waals surface area contributed by atoms with Crippen molar-refractivity contribution in [1.82, 2.24) is 0 Å². The Bertz CT molecular complexity index is 2300. The topological polar surface area (TPSA) is 88.1 Å². The van der Waals surface area contributed by atoms with Crippen LogP contribution in [-0.4, -0.2) is 38.0 Å². The van der Waals surface area contributed by atoms with Gasteiger partial charge in [-0.2, -0.15) is 0 Å². The highest BCUT2D eigenvalue weighted by atomic mass is 32.2. The zero-order chi connectivity index (χ0) is 45.2. The molecule has 0 N–H and O–H groups in total. The fraction of sp³-hybridized carbons (Fsp3) is 0.456. The number of benzene rings is 5. The van der Waals surface area contributed by atoms with Crippen molar-refractivity contribution < 1.29 is 33.3 Å². The first-order valence-electron chi connectivity index (χ1n) is 24.5. The largest absolute Gasteiger partial charge is 0.494 e. The second-order valence-electron chi connectivity index (χ2n) is 18.2. The third-order valence-corrected chi connectivity index (χ3v) is 14.5. The fourth-order valence-corrected chi connectivity index (χ4v) is 10.4. The maximum absolute atomic E-state index is 13.6. The molecule has 2 aliphatic rings. The minimum Gasteiger partial charge on any atom is -0.494 e. The van der Waals surface area contributed by atoms with Gasteiger partial charge in [-0.3, -0.25) is 9.59 Å². The summed E-state index contributed by atoms with van der Waals surface area (Å²) >= 11 is 1.73. The molecule has 2 saturated carbocycles. The van der Waals surface area contributed by atoms with E-state index in [0.29, 0.717) is 57.0 Å². The maximum atomic E-state index is 13.6. The molecule has 7 nitrogen and oxygen atoms in total. The third-order valence-electron chi connectivity index (χ3n) is 13.4. The van der Waals surface area contributed by atoms with E-state index in [9.17, 15) is 14.4 Å². The molecule has 7 rings (SSSR count). The Morgan fingerprint density at radius 2 is 1.26 bits per heavy atom. The van der Waals surface area contributed by atoms with Crippen molar-refractivity contribution >= 4 is 51.5 Å². The van der Waals surface area contributed by atoms with Gasteiger partial charge in [0.1, 0.15) is 23.5 Å². The fourth-order valence-electron chi connectivity index (χ4n) is 9.40. The average molecular weight is 897 g/mol. The molecule has 0 saturated heterocycles. The van der Waals surface area contributed by atoms with Crippen LogP contribution in [0.2, 0.25) is 0 Å². The van der Waals surface area contributed by atoms with Crippen LogP contribution >= 0.6 is 11.8 Å². The summed E-state index contributed by atoms with van der Waals surface area (Å²) in [4.78, 5) is 40.3.